The third-order valence-electron chi connectivity index (χ3n) is 6.34. The van der Waals surface area contributed by atoms with Gasteiger partial charge in [0.1, 0.15) is 17.0 Å². The number of hydrogen-bond acceptors (Lipinski definition) is 7. The second-order valence-electron chi connectivity index (χ2n) is 8.84. The number of nitrogens with one attached hydrogen (secondary N) is 1. The minimum Gasteiger partial charge on any atom is -0.347 e. The van der Waals surface area contributed by atoms with Crippen molar-refractivity contribution in [2.24, 2.45) is 10.9 Å². The van der Waals surface area contributed by atoms with Crippen molar-refractivity contribution >= 4 is 51.1 Å². The van der Waals surface area contributed by atoms with Crippen molar-refractivity contribution in [3.63, 3.8) is 0 Å². The molecule has 1 aromatic carbocycles. The number of benzene rings is 1. The number of carbonyl (C=O) groups is 2. The Balaban J connectivity index is 1.38. The van der Waals surface area contributed by atoms with Gasteiger partial charge in [0.15, 0.2) is 0 Å². The van der Waals surface area contributed by atoms with Gasteiger partial charge in [-0.1, -0.05) is 6.07 Å². The zero-order chi connectivity index (χ0) is 23.1. The van der Waals surface area contributed by atoms with Gasteiger partial charge in [0.2, 0.25) is 11.8 Å². The van der Waals surface area contributed by atoms with E-state index in [0.29, 0.717) is 6.42 Å². The van der Waals surface area contributed by atoms with Gasteiger partial charge in [0, 0.05) is 43.8 Å². The first kappa shape index (κ1) is 21.5. The summed E-state index contributed by atoms with van der Waals surface area (Å²) in [7, 11) is 5.11. The number of aryl methyl sites for hydroxylation is 1. The van der Waals surface area contributed by atoms with E-state index in [4.69, 9.17) is 0 Å². The Morgan fingerprint density at radius 2 is 2.06 bits per heavy atom. The maximum Gasteiger partial charge on any atom is 0.241 e. The molecule has 0 fully saturated rings. The SMILES string of the molecule is CN(C)C(=O)CN(C)C(=O)C1CCc2c(sc3ncnc(Nc4ccc5c(c4)C=NC5)c23)C1. The first-order chi connectivity index (χ1) is 15.9. The van der Waals surface area contributed by atoms with Gasteiger partial charge in [-0.05, 0) is 48.1 Å². The van der Waals surface area contributed by atoms with Crippen LogP contribution in [0.2, 0.25) is 0 Å². The number of carbonyl (C=O) groups excluding carboxylic acids is 2. The van der Waals surface area contributed by atoms with Crippen molar-refractivity contribution in [1.29, 1.82) is 0 Å². The molecule has 9 heteroatoms. The third kappa shape index (κ3) is 4.08. The molecule has 8 nitrogen and oxygen atoms in total. The number of likely N-dealkylation sites (N-methyl/N-ethyl adjacent to an activating group) is 2. The Kier molecular flexibility index (Phi) is 5.57. The van der Waals surface area contributed by atoms with Crippen LogP contribution in [-0.4, -0.2) is 65.5 Å². The van der Waals surface area contributed by atoms with Crippen LogP contribution in [0.25, 0.3) is 10.2 Å². The monoisotopic (exact) mass is 462 g/mol. The van der Waals surface area contributed by atoms with Gasteiger partial charge in [-0.2, -0.15) is 0 Å². The molecule has 2 aliphatic rings. The highest BCUT2D eigenvalue weighted by atomic mass is 32.1. The summed E-state index contributed by atoms with van der Waals surface area (Å²) >= 11 is 1.64. The molecule has 0 radical (unpaired) electrons. The van der Waals surface area contributed by atoms with Gasteiger partial charge >= 0.3 is 0 Å². The normalized spacial score (nSPS) is 16.4. The topological polar surface area (TPSA) is 90.8 Å². The zero-order valence-corrected chi connectivity index (χ0v) is 19.8. The van der Waals surface area contributed by atoms with Gasteiger partial charge in [-0.3, -0.25) is 14.6 Å². The lowest BCUT2D eigenvalue weighted by atomic mass is 9.87. The Bertz CT molecular complexity index is 1280. The van der Waals surface area contributed by atoms with Crippen molar-refractivity contribution in [3.05, 3.63) is 46.1 Å². The van der Waals surface area contributed by atoms with Crippen LogP contribution < -0.4 is 5.32 Å². The smallest absolute Gasteiger partial charge is 0.241 e. The quantitative estimate of drug-likeness (QED) is 0.629. The maximum atomic E-state index is 13.0. The van der Waals surface area contributed by atoms with Crippen LogP contribution in [0.15, 0.2) is 29.5 Å². The number of aromatic nitrogens is 2. The standard InChI is InChI=1S/C24H26N6O2S/c1-29(2)20(31)12-30(3)24(32)14-5-7-18-19(9-14)33-23-21(18)22(26-13-27-23)28-17-6-4-15-10-25-11-16(15)8-17/h4,6,8,11,13-14H,5,7,9-10,12H2,1-3H3,(H,26,27,28). The molecule has 1 N–H and O–H groups in total. The molecular weight excluding hydrogens is 436 g/mol. The van der Waals surface area contributed by atoms with Crippen molar-refractivity contribution in [2.75, 3.05) is 33.0 Å². The lowest BCUT2D eigenvalue weighted by molar-refractivity contribution is -0.140. The van der Waals surface area contributed by atoms with Crippen molar-refractivity contribution < 1.29 is 9.59 Å². The lowest BCUT2D eigenvalue weighted by Gasteiger charge is -2.27. The maximum absolute atomic E-state index is 13.0. The first-order valence-electron chi connectivity index (χ1n) is 11.0. The van der Waals surface area contributed by atoms with E-state index in [1.54, 1.807) is 43.7 Å². The second kappa shape index (κ2) is 8.55. The Morgan fingerprint density at radius 3 is 2.88 bits per heavy atom. The molecule has 2 amide bonds. The molecule has 0 saturated carbocycles. The van der Waals surface area contributed by atoms with Crippen LogP contribution in [0.4, 0.5) is 11.5 Å². The number of anilines is 2. The highest BCUT2D eigenvalue weighted by Gasteiger charge is 2.31. The van der Waals surface area contributed by atoms with Crippen LogP contribution in [0.1, 0.15) is 28.0 Å². The number of thiophene rings is 1. The van der Waals surface area contributed by atoms with E-state index < -0.39 is 0 Å². The molecule has 1 aliphatic heterocycles. The molecule has 2 aromatic heterocycles. The van der Waals surface area contributed by atoms with Crippen LogP contribution in [0.3, 0.4) is 0 Å². The summed E-state index contributed by atoms with van der Waals surface area (Å²) in [5, 5.41) is 4.52. The van der Waals surface area contributed by atoms with Gasteiger partial charge in [0.25, 0.3) is 0 Å². The predicted molar refractivity (Wildman–Crippen MR) is 130 cm³/mol. The molecule has 3 aromatic rings. The van der Waals surface area contributed by atoms with Crippen molar-refractivity contribution in [1.82, 2.24) is 19.8 Å². The average Bonchev–Trinajstić information content (AvgIpc) is 3.42. The fourth-order valence-electron chi connectivity index (χ4n) is 4.47. The molecule has 1 atom stereocenters. The predicted octanol–water partition coefficient (Wildman–Crippen LogP) is 3.02. The number of aliphatic imine (C=N–C) groups is 1. The molecule has 3 heterocycles. The number of nitrogens with zero attached hydrogens (tertiary/aromatic N) is 5. The zero-order valence-electron chi connectivity index (χ0n) is 19.0. The van der Waals surface area contributed by atoms with E-state index in [1.807, 2.05) is 6.21 Å². The Morgan fingerprint density at radius 1 is 1.21 bits per heavy atom. The molecule has 33 heavy (non-hydrogen) atoms. The van der Waals surface area contributed by atoms with E-state index >= 15 is 0 Å². The van der Waals surface area contributed by atoms with E-state index in [9.17, 15) is 9.59 Å². The summed E-state index contributed by atoms with van der Waals surface area (Å²) in [6, 6.07) is 6.25. The summed E-state index contributed by atoms with van der Waals surface area (Å²) in [4.78, 5) is 43.6. The number of amides is 2. The van der Waals surface area contributed by atoms with Crippen LogP contribution in [0.5, 0.6) is 0 Å². The molecular formula is C24H26N6O2S. The van der Waals surface area contributed by atoms with Crippen LogP contribution in [-0.2, 0) is 29.0 Å². The minimum atomic E-state index is -0.120. The Hall–Kier alpha value is -3.33. The summed E-state index contributed by atoms with van der Waals surface area (Å²) in [6.07, 6.45) is 5.71. The Labute approximate surface area is 196 Å². The summed E-state index contributed by atoms with van der Waals surface area (Å²) < 4.78 is 0. The van der Waals surface area contributed by atoms with Gasteiger partial charge < -0.3 is 15.1 Å². The molecule has 5 rings (SSSR count). The molecule has 1 aliphatic carbocycles. The van der Waals surface area contributed by atoms with Crippen LogP contribution >= 0.6 is 11.3 Å². The molecule has 0 saturated heterocycles. The molecule has 0 bridgehead atoms. The minimum absolute atomic E-state index is 0.0255. The lowest BCUT2D eigenvalue weighted by Crippen LogP contribution is -2.41. The second-order valence-corrected chi connectivity index (χ2v) is 9.92. The summed E-state index contributed by atoms with van der Waals surface area (Å²) in [6.45, 7) is 0.844. The number of hydrogen-bond donors (Lipinski definition) is 1. The third-order valence-corrected chi connectivity index (χ3v) is 7.50. The van der Waals surface area contributed by atoms with E-state index in [-0.39, 0.29) is 24.3 Å². The fraction of sp³-hybridized carbons (Fsp3) is 0.375. The average molecular weight is 463 g/mol. The van der Waals surface area contributed by atoms with Crippen molar-refractivity contribution in [3.8, 4) is 0 Å². The number of rotatable bonds is 5. The summed E-state index contributed by atoms with van der Waals surface area (Å²) in [5.74, 6) is 0.627. The van der Waals surface area contributed by atoms with Gasteiger partial charge in [-0.15, -0.1) is 11.3 Å². The largest absolute Gasteiger partial charge is 0.347 e. The molecule has 1 unspecified atom stereocenters. The molecule has 0 spiro atoms. The van der Waals surface area contributed by atoms with Gasteiger partial charge in [0.05, 0.1) is 18.5 Å². The fourth-order valence-corrected chi connectivity index (χ4v) is 5.73. The van der Waals surface area contributed by atoms with Gasteiger partial charge in [-0.25, -0.2) is 9.97 Å². The van der Waals surface area contributed by atoms with E-state index in [0.717, 1.165) is 46.7 Å². The van der Waals surface area contributed by atoms with E-state index in [1.165, 1.54) is 20.9 Å². The number of fused-ring (bicyclic) bond motifs is 4. The van der Waals surface area contributed by atoms with Crippen molar-refractivity contribution in [2.45, 2.75) is 25.8 Å². The molecule has 170 valence electrons. The van der Waals surface area contributed by atoms with E-state index in [2.05, 4.69) is 38.5 Å². The first-order valence-corrected chi connectivity index (χ1v) is 11.8. The van der Waals surface area contributed by atoms with Crippen LogP contribution in [0, 0.1) is 5.92 Å². The highest BCUT2D eigenvalue weighted by Crippen LogP contribution is 2.40. The highest BCUT2D eigenvalue weighted by molar-refractivity contribution is 7.19. The summed E-state index contributed by atoms with van der Waals surface area (Å²) in [5.41, 5.74) is 4.57.